The van der Waals surface area contributed by atoms with E-state index >= 15 is 0 Å². The number of alkyl halides is 3. The summed E-state index contributed by atoms with van der Waals surface area (Å²) in [5.41, 5.74) is 2.06. The van der Waals surface area contributed by atoms with Crippen LogP contribution in [0.1, 0.15) is 44.3 Å². The van der Waals surface area contributed by atoms with Crippen molar-refractivity contribution in [3.05, 3.63) is 24.2 Å². The lowest BCUT2D eigenvalue weighted by Gasteiger charge is -2.29. The molecule has 0 spiro atoms. The highest BCUT2D eigenvalue weighted by Crippen LogP contribution is 2.28. The molecule has 13 heteroatoms. The summed E-state index contributed by atoms with van der Waals surface area (Å²) in [6.45, 7) is 5.04. The molecule has 0 aliphatic carbocycles. The highest BCUT2D eigenvalue weighted by atomic mass is 32.2. The fourth-order valence-corrected chi connectivity index (χ4v) is 4.93. The van der Waals surface area contributed by atoms with E-state index in [-0.39, 0.29) is 11.7 Å². The van der Waals surface area contributed by atoms with Crippen molar-refractivity contribution in [3.8, 4) is 0 Å². The van der Waals surface area contributed by atoms with Gasteiger partial charge in [-0.15, -0.1) is 0 Å². The summed E-state index contributed by atoms with van der Waals surface area (Å²) in [6.07, 6.45) is 1.05. The molecule has 4 rings (SSSR count). The molecule has 32 heavy (non-hydrogen) atoms. The number of sulfonamides is 1. The molecular formula is C19H26F3N5O4S. The number of hydrogen-bond donors (Lipinski definition) is 1. The number of hydrogen-bond acceptors (Lipinski definition) is 6. The van der Waals surface area contributed by atoms with Crippen LogP contribution in [0, 0.1) is 0 Å². The first-order valence-electron chi connectivity index (χ1n) is 10.4. The molecule has 1 N–H and O–H groups in total. The Balaban J connectivity index is 0.000000360. The Bertz CT molecular complexity index is 1040. The van der Waals surface area contributed by atoms with Gasteiger partial charge in [0.25, 0.3) is 0 Å². The Morgan fingerprint density at radius 1 is 1.16 bits per heavy atom. The molecule has 2 fully saturated rings. The topological polar surface area (TPSA) is 108 Å². The summed E-state index contributed by atoms with van der Waals surface area (Å²) in [5, 5.41) is 11.8. The molecule has 2 aromatic rings. The summed E-state index contributed by atoms with van der Waals surface area (Å²) < 4.78 is 59.2. The summed E-state index contributed by atoms with van der Waals surface area (Å²) in [7, 11) is -3.08. The second kappa shape index (κ2) is 9.61. The number of aromatic nitrogens is 3. The summed E-state index contributed by atoms with van der Waals surface area (Å²) >= 11 is 0. The first-order valence-corrected chi connectivity index (χ1v) is 12.0. The van der Waals surface area contributed by atoms with Crippen molar-refractivity contribution in [1.82, 2.24) is 18.9 Å². The highest BCUT2D eigenvalue weighted by Gasteiger charge is 2.38. The molecule has 2 aliphatic rings. The second-order valence-electron chi connectivity index (χ2n) is 7.73. The van der Waals surface area contributed by atoms with Gasteiger partial charge in [-0.25, -0.2) is 27.0 Å². The Hall–Kier alpha value is -2.41. The van der Waals surface area contributed by atoms with Crippen LogP contribution in [0.2, 0.25) is 0 Å². The molecule has 4 heterocycles. The summed E-state index contributed by atoms with van der Waals surface area (Å²) in [6, 6.07) is 4.15. The lowest BCUT2D eigenvalue weighted by atomic mass is 9.98. The molecule has 0 bridgehead atoms. The van der Waals surface area contributed by atoms with E-state index in [1.165, 1.54) is 18.5 Å². The fourth-order valence-electron chi connectivity index (χ4n) is 3.80. The van der Waals surface area contributed by atoms with Gasteiger partial charge in [0.1, 0.15) is 0 Å². The number of fused-ring (bicyclic) bond motifs is 1. The highest BCUT2D eigenvalue weighted by molar-refractivity contribution is 7.89. The SMILES string of the molecule is CCS(=O)(=O)N1CCC(c2nc3ccc(N4CCCC4)cn3n2)CC1.O=C(O)C(F)(F)F. The Labute approximate surface area is 183 Å². The zero-order valence-electron chi connectivity index (χ0n) is 17.6. The van der Waals surface area contributed by atoms with Gasteiger partial charge in [0.15, 0.2) is 11.5 Å². The fraction of sp³-hybridized carbons (Fsp3) is 0.632. The standard InChI is InChI=1S/C17H25N5O2S.C2HF3O2/c1-2-25(23,24)21-11-7-14(8-12-21)17-18-16-6-5-15(13-22(16)19-17)20-9-3-4-10-20;3-2(4,5)1(6)7/h5-6,13-14H,2-4,7-12H2,1H3;(H,6,7). The molecule has 0 unspecified atom stereocenters. The van der Waals surface area contributed by atoms with E-state index in [0.717, 1.165) is 37.4 Å². The quantitative estimate of drug-likeness (QED) is 0.721. The minimum atomic E-state index is -5.08. The van der Waals surface area contributed by atoms with Crippen molar-refractivity contribution in [2.75, 3.05) is 36.8 Å². The molecule has 0 saturated carbocycles. The van der Waals surface area contributed by atoms with Crippen LogP contribution < -0.4 is 4.90 Å². The number of nitrogens with zero attached hydrogens (tertiary/aromatic N) is 5. The lowest BCUT2D eigenvalue weighted by Crippen LogP contribution is -2.38. The number of carboxylic acids is 1. The molecule has 0 amide bonds. The maximum atomic E-state index is 12.0. The number of rotatable bonds is 4. The van der Waals surface area contributed by atoms with E-state index in [1.807, 2.05) is 10.6 Å². The first-order chi connectivity index (χ1) is 15.0. The third-order valence-electron chi connectivity index (χ3n) is 5.62. The van der Waals surface area contributed by atoms with E-state index in [0.29, 0.717) is 13.1 Å². The number of piperidine rings is 1. The van der Waals surface area contributed by atoms with E-state index in [2.05, 4.69) is 27.2 Å². The van der Waals surface area contributed by atoms with Crippen LogP contribution in [0.25, 0.3) is 5.65 Å². The lowest BCUT2D eigenvalue weighted by molar-refractivity contribution is -0.192. The number of anilines is 1. The predicted octanol–water partition coefficient (Wildman–Crippen LogP) is 2.49. The van der Waals surface area contributed by atoms with Crippen molar-refractivity contribution in [2.24, 2.45) is 0 Å². The van der Waals surface area contributed by atoms with Crippen molar-refractivity contribution < 1.29 is 31.5 Å². The van der Waals surface area contributed by atoms with E-state index in [9.17, 15) is 21.6 Å². The summed E-state index contributed by atoms with van der Waals surface area (Å²) in [5.74, 6) is -1.51. The zero-order valence-corrected chi connectivity index (χ0v) is 18.4. The normalized spacial score (nSPS) is 18.6. The molecule has 0 radical (unpaired) electrons. The van der Waals surface area contributed by atoms with Gasteiger partial charge in [-0.05, 0) is 44.7 Å². The van der Waals surface area contributed by atoms with Crippen LogP contribution in [-0.2, 0) is 14.8 Å². The van der Waals surface area contributed by atoms with Gasteiger partial charge >= 0.3 is 12.1 Å². The zero-order chi connectivity index (χ0) is 23.5. The molecule has 0 atom stereocenters. The smallest absolute Gasteiger partial charge is 0.475 e. The number of pyridine rings is 1. The molecule has 0 aromatic carbocycles. The Kier molecular flexibility index (Phi) is 7.28. The van der Waals surface area contributed by atoms with Gasteiger partial charge < -0.3 is 10.0 Å². The second-order valence-corrected chi connectivity index (χ2v) is 9.99. The average Bonchev–Trinajstić information content (AvgIpc) is 3.43. The molecule has 9 nitrogen and oxygen atoms in total. The van der Waals surface area contributed by atoms with Gasteiger partial charge in [0.2, 0.25) is 10.0 Å². The maximum Gasteiger partial charge on any atom is 0.490 e. The predicted molar refractivity (Wildman–Crippen MR) is 111 cm³/mol. The van der Waals surface area contributed by atoms with Gasteiger partial charge in [-0.2, -0.15) is 18.3 Å². The number of carbonyl (C=O) groups is 1. The number of halogens is 3. The van der Waals surface area contributed by atoms with Crippen LogP contribution in [0.15, 0.2) is 18.3 Å². The van der Waals surface area contributed by atoms with Crippen molar-refractivity contribution >= 4 is 27.3 Å². The maximum absolute atomic E-state index is 12.0. The van der Waals surface area contributed by atoms with Gasteiger partial charge in [0.05, 0.1) is 17.6 Å². The minimum Gasteiger partial charge on any atom is -0.475 e. The van der Waals surface area contributed by atoms with Crippen LogP contribution >= 0.6 is 0 Å². The number of carboxylic acid groups (broad SMARTS) is 1. The average molecular weight is 478 g/mol. The summed E-state index contributed by atoms with van der Waals surface area (Å²) in [4.78, 5) is 16.0. The molecular weight excluding hydrogens is 451 g/mol. The van der Waals surface area contributed by atoms with E-state index < -0.39 is 22.2 Å². The number of aliphatic carboxylic acids is 1. The monoisotopic (exact) mass is 477 g/mol. The third-order valence-corrected chi connectivity index (χ3v) is 7.50. The Morgan fingerprint density at radius 2 is 1.75 bits per heavy atom. The van der Waals surface area contributed by atoms with Crippen LogP contribution in [0.4, 0.5) is 18.9 Å². The largest absolute Gasteiger partial charge is 0.490 e. The van der Waals surface area contributed by atoms with Gasteiger partial charge in [0, 0.05) is 32.1 Å². The molecule has 178 valence electrons. The van der Waals surface area contributed by atoms with Crippen LogP contribution in [0.5, 0.6) is 0 Å². The Morgan fingerprint density at radius 3 is 2.28 bits per heavy atom. The first kappa shape index (κ1) is 24.2. The third kappa shape index (κ3) is 5.68. The minimum absolute atomic E-state index is 0.170. The van der Waals surface area contributed by atoms with Crippen molar-refractivity contribution in [1.29, 1.82) is 0 Å². The molecule has 2 saturated heterocycles. The molecule has 2 aromatic heterocycles. The molecule has 2 aliphatic heterocycles. The van der Waals surface area contributed by atoms with Gasteiger partial charge in [-0.1, -0.05) is 0 Å². The van der Waals surface area contributed by atoms with Gasteiger partial charge in [-0.3, -0.25) is 0 Å². The van der Waals surface area contributed by atoms with Crippen LogP contribution in [0.3, 0.4) is 0 Å². The van der Waals surface area contributed by atoms with Crippen molar-refractivity contribution in [3.63, 3.8) is 0 Å². The van der Waals surface area contributed by atoms with E-state index in [4.69, 9.17) is 9.90 Å². The van der Waals surface area contributed by atoms with Crippen molar-refractivity contribution in [2.45, 2.75) is 44.7 Å². The van der Waals surface area contributed by atoms with Crippen LogP contribution in [-0.4, -0.2) is 76.5 Å². The van der Waals surface area contributed by atoms with E-state index in [1.54, 1.807) is 11.2 Å².